The summed E-state index contributed by atoms with van der Waals surface area (Å²) < 4.78 is 55.1. The smallest absolute Gasteiger partial charge is 0.253 e. The fourth-order valence-corrected chi connectivity index (χ4v) is 3.84. The normalized spacial score (nSPS) is 11.1. The quantitative estimate of drug-likeness (QED) is 0.618. The molecule has 29 heavy (non-hydrogen) atoms. The van der Waals surface area contributed by atoms with Crippen molar-refractivity contribution in [3.05, 3.63) is 95.3 Å². The molecule has 0 aliphatic carbocycles. The summed E-state index contributed by atoms with van der Waals surface area (Å²) >= 11 is 0. The van der Waals surface area contributed by atoms with E-state index in [-0.39, 0.29) is 17.7 Å². The minimum atomic E-state index is -4.02. The Kier molecular flexibility index (Phi) is 6.18. The largest absolute Gasteiger partial charge is 0.348 e. The lowest BCUT2D eigenvalue weighted by Crippen LogP contribution is -2.25. The number of benzene rings is 2. The summed E-state index contributed by atoms with van der Waals surface area (Å²) in [6.07, 6.45) is 2.86. The van der Waals surface area contributed by atoms with Crippen LogP contribution < -0.4 is 10.0 Å². The Labute approximate surface area is 166 Å². The average Bonchev–Trinajstić information content (AvgIpc) is 2.71. The maximum Gasteiger partial charge on any atom is 0.253 e. The van der Waals surface area contributed by atoms with Crippen LogP contribution in [0.3, 0.4) is 0 Å². The molecule has 150 valence electrons. The van der Waals surface area contributed by atoms with Gasteiger partial charge in [0.15, 0.2) is 11.6 Å². The Morgan fingerprint density at radius 3 is 2.45 bits per heavy atom. The van der Waals surface area contributed by atoms with E-state index in [2.05, 4.69) is 15.0 Å². The zero-order valence-corrected chi connectivity index (χ0v) is 15.9. The number of anilines is 1. The molecule has 0 bridgehead atoms. The van der Waals surface area contributed by atoms with Crippen molar-refractivity contribution in [2.45, 2.75) is 12.3 Å². The van der Waals surface area contributed by atoms with Gasteiger partial charge in [-0.05, 0) is 29.3 Å². The van der Waals surface area contributed by atoms with E-state index in [0.717, 1.165) is 6.07 Å². The van der Waals surface area contributed by atoms with Gasteiger partial charge in [-0.2, -0.15) is 0 Å². The molecule has 0 saturated heterocycles. The van der Waals surface area contributed by atoms with Crippen molar-refractivity contribution >= 4 is 21.6 Å². The molecule has 1 heterocycles. The summed E-state index contributed by atoms with van der Waals surface area (Å²) in [5, 5.41) is 2.53. The number of halogens is 2. The number of pyridine rings is 1. The molecule has 0 atom stereocenters. The minimum Gasteiger partial charge on any atom is -0.348 e. The number of nitrogens with one attached hydrogen (secondary N) is 2. The highest BCUT2D eigenvalue weighted by Gasteiger charge is 2.20. The third kappa shape index (κ3) is 5.35. The Balaban J connectivity index is 1.81. The van der Waals surface area contributed by atoms with E-state index in [1.54, 1.807) is 36.4 Å². The van der Waals surface area contributed by atoms with Crippen molar-refractivity contribution in [1.29, 1.82) is 0 Å². The van der Waals surface area contributed by atoms with Crippen LogP contribution in [0.2, 0.25) is 0 Å². The number of nitrogens with zero attached hydrogens (tertiary/aromatic N) is 1. The maximum atomic E-state index is 14.4. The molecule has 2 N–H and O–H groups in total. The summed E-state index contributed by atoms with van der Waals surface area (Å²) in [5.74, 6) is -3.44. The van der Waals surface area contributed by atoms with E-state index in [9.17, 15) is 22.0 Å². The lowest BCUT2D eigenvalue weighted by molar-refractivity contribution is 0.0950. The summed E-state index contributed by atoms with van der Waals surface area (Å²) in [6, 6.07) is 13.5. The molecule has 0 aliphatic heterocycles. The van der Waals surface area contributed by atoms with E-state index >= 15 is 0 Å². The molecule has 3 rings (SSSR count). The van der Waals surface area contributed by atoms with E-state index in [0.29, 0.717) is 5.56 Å². The van der Waals surface area contributed by atoms with Gasteiger partial charge in [-0.15, -0.1) is 0 Å². The van der Waals surface area contributed by atoms with Crippen molar-refractivity contribution < 1.29 is 22.0 Å². The number of amides is 1. The van der Waals surface area contributed by atoms with Gasteiger partial charge in [-0.25, -0.2) is 17.2 Å². The Bertz CT molecular complexity index is 1110. The summed E-state index contributed by atoms with van der Waals surface area (Å²) in [6.45, 7) is -0.214. The van der Waals surface area contributed by atoms with Crippen molar-refractivity contribution in [2.75, 3.05) is 4.72 Å². The van der Waals surface area contributed by atoms with Gasteiger partial charge in [0.25, 0.3) is 5.91 Å². The van der Waals surface area contributed by atoms with Crippen LogP contribution in [0.25, 0.3) is 0 Å². The average molecular weight is 417 g/mol. The lowest BCUT2D eigenvalue weighted by atomic mass is 10.1. The topological polar surface area (TPSA) is 88.2 Å². The predicted octanol–water partition coefficient (Wildman–Crippen LogP) is 3.23. The maximum absolute atomic E-state index is 14.4. The number of hydrogen-bond acceptors (Lipinski definition) is 4. The SMILES string of the molecule is O=C(NCc1ccc(F)c(F)c1NS(=O)(=O)Cc1ccccc1)c1cccnc1. The first-order valence-corrected chi connectivity index (χ1v) is 10.2. The standard InChI is InChI=1S/C20H17F2N3O3S/c21-17-9-8-15(12-24-20(26)16-7-4-10-23-11-16)19(18(17)22)25-29(27,28)13-14-5-2-1-3-6-14/h1-11,25H,12-13H2,(H,24,26). The van der Waals surface area contributed by atoms with Crippen molar-refractivity contribution in [3.63, 3.8) is 0 Å². The Morgan fingerprint density at radius 1 is 1.00 bits per heavy atom. The molecule has 0 spiro atoms. The molecular formula is C20H17F2N3O3S. The fraction of sp³-hybridized carbons (Fsp3) is 0.100. The van der Waals surface area contributed by atoms with Gasteiger partial charge in [0.05, 0.1) is 17.0 Å². The molecule has 0 saturated carbocycles. The summed E-state index contributed by atoms with van der Waals surface area (Å²) in [4.78, 5) is 16.0. The van der Waals surface area contributed by atoms with Gasteiger partial charge < -0.3 is 5.32 Å². The molecule has 1 aromatic heterocycles. The van der Waals surface area contributed by atoms with Crippen LogP contribution in [0.1, 0.15) is 21.5 Å². The molecule has 0 fully saturated rings. The van der Waals surface area contributed by atoms with Crippen LogP contribution >= 0.6 is 0 Å². The third-order valence-corrected chi connectivity index (χ3v) is 5.23. The van der Waals surface area contributed by atoms with Crippen molar-refractivity contribution in [1.82, 2.24) is 10.3 Å². The van der Waals surface area contributed by atoms with E-state index in [1.165, 1.54) is 24.5 Å². The Hall–Kier alpha value is -3.33. The van der Waals surface area contributed by atoms with Gasteiger partial charge in [0, 0.05) is 18.9 Å². The zero-order chi connectivity index (χ0) is 20.9. The van der Waals surface area contributed by atoms with Crippen LogP contribution in [-0.4, -0.2) is 19.3 Å². The molecule has 2 aromatic carbocycles. The van der Waals surface area contributed by atoms with Gasteiger partial charge in [0.2, 0.25) is 10.0 Å². The molecule has 6 nitrogen and oxygen atoms in total. The predicted molar refractivity (Wildman–Crippen MR) is 104 cm³/mol. The van der Waals surface area contributed by atoms with Crippen LogP contribution in [0.5, 0.6) is 0 Å². The van der Waals surface area contributed by atoms with Crippen molar-refractivity contribution in [2.24, 2.45) is 0 Å². The molecule has 1 amide bonds. The first-order valence-electron chi connectivity index (χ1n) is 8.55. The first kappa shape index (κ1) is 20.4. The second-order valence-electron chi connectivity index (χ2n) is 6.17. The molecule has 0 radical (unpaired) electrons. The number of aromatic nitrogens is 1. The molecule has 0 unspecified atom stereocenters. The fourth-order valence-electron chi connectivity index (χ4n) is 2.61. The van der Waals surface area contributed by atoms with E-state index in [4.69, 9.17) is 0 Å². The molecule has 9 heteroatoms. The molecular weight excluding hydrogens is 400 g/mol. The molecule has 0 aliphatic rings. The highest BCUT2D eigenvalue weighted by molar-refractivity contribution is 7.91. The second kappa shape index (κ2) is 8.78. The lowest BCUT2D eigenvalue weighted by Gasteiger charge is -2.15. The van der Waals surface area contributed by atoms with Crippen molar-refractivity contribution in [3.8, 4) is 0 Å². The summed E-state index contributed by atoms with van der Waals surface area (Å²) in [7, 11) is -4.02. The number of carbonyl (C=O) groups is 1. The third-order valence-electron chi connectivity index (χ3n) is 4.00. The number of rotatable bonds is 7. The number of carbonyl (C=O) groups excluding carboxylic acids is 1. The van der Waals surface area contributed by atoms with Crippen LogP contribution in [-0.2, 0) is 22.3 Å². The van der Waals surface area contributed by atoms with Gasteiger partial charge in [0.1, 0.15) is 0 Å². The first-order chi connectivity index (χ1) is 13.9. The highest BCUT2D eigenvalue weighted by atomic mass is 32.2. The highest BCUT2D eigenvalue weighted by Crippen LogP contribution is 2.25. The van der Waals surface area contributed by atoms with Crippen LogP contribution in [0.4, 0.5) is 14.5 Å². The van der Waals surface area contributed by atoms with Gasteiger partial charge in [-0.3, -0.25) is 14.5 Å². The zero-order valence-electron chi connectivity index (χ0n) is 15.1. The number of sulfonamides is 1. The van der Waals surface area contributed by atoms with Gasteiger partial charge in [-0.1, -0.05) is 36.4 Å². The van der Waals surface area contributed by atoms with Crippen LogP contribution in [0.15, 0.2) is 67.0 Å². The van der Waals surface area contributed by atoms with E-state index < -0.39 is 39.0 Å². The minimum absolute atomic E-state index is 0.0813. The van der Waals surface area contributed by atoms with E-state index in [1.807, 2.05) is 0 Å². The summed E-state index contributed by atoms with van der Waals surface area (Å²) in [5.41, 5.74) is 0.315. The monoisotopic (exact) mass is 417 g/mol. The van der Waals surface area contributed by atoms with Gasteiger partial charge >= 0.3 is 0 Å². The second-order valence-corrected chi connectivity index (χ2v) is 7.89. The van der Waals surface area contributed by atoms with Crippen LogP contribution in [0, 0.1) is 11.6 Å². The Morgan fingerprint density at radius 2 is 1.76 bits per heavy atom. The number of hydrogen-bond donors (Lipinski definition) is 2. The molecule has 3 aromatic rings.